The predicted octanol–water partition coefficient (Wildman–Crippen LogP) is 2.64. The lowest BCUT2D eigenvalue weighted by Crippen LogP contribution is -2.29. The number of nitrogens with one attached hydrogen (secondary N) is 1. The van der Waals surface area contributed by atoms with Gasteiger partial charge in [0.05, 0.1) is 20.3 Å². The van der Waals surface area contributed by atoms with Crippen LogP contribution in [-0.2, 0) is 0 Å². The Morgan fingerprint density at radius 2 is 2.00 bits per heavy atom. The summed E-state index contributed by atoms with van der Waals surface area (Å²) < 4.78 is 10.8. The summed E-state index contributed by atoms with van der Waals surface area (Å²) in [6, 6.07) is 5.94. The zero-order valence-electron chi connectivity index (χ0n) is 11.7. The number of benzene rings is 1. The topological polar surface area (TPSA) is 56.5 Å². The Balaban J connectivity index is 3.04. The second-order valence-corrected chi connectivity index (χ2v) is 4.55. The Morgan fingerprint density at radius 1 is 1.28 bits per heavy atom. The molecule has 18 heavy (non-hydrogen) atoms. The van der Waals surface area contributed by atoms with Crippen molar-refractivity contribution in [3.05, 3.63) is 23.8 Å². The second-order valence-electron chi connectivity index (χ2n) is 4.55. The van der Waals surface area contributed by atoms with Crippen molar-refractivity contribution >= 4 is 0 Å². The van der Waals surface area contributed by atoms with Crippen LogP contribution in [0.3, 0.4) is 0 Å². The SMILES string of the molecule is CCC(C)CC(NN)c1cccc(OC)c1OC. The maximum absolute atomic E-state index is 5.68. The standard InChI is InChI=1S/C14H24N2O2/c1-5-10(2)9-12(16-15)11-7-6-8-13(17-3)14(11)18-4/h6-8,10,12,16H,5,9,15H2,1-4H3. The molecule has 2 unspecified atom stereocenters. The molecule has 0 saturated carbocycles. The summed E-state index contributed by atoms with van der Waals surface area (Å²) in [5.74, 6) is 7.77. The summed E-state index contributed by atoms with van der Waals surface area (Å²) in [5, 5.41) is 0. The summed E-state index contributed by atoms with van der Waals surface area (Å²) in [7, 11) is 3.29. The van der Waals surface area contributed by atoms with Crippen molar-refractivity contribution in [3.63, 3.8) is 0 Å². The van der Waals surface area contributed by atoms with E-state index in [-0.39, 0.29) is 6.04 Å². The number of methoxy groups -OCH3 is 2. The Morgan fingerprint density at radius 3 is 2.50 bits per heavy atom. The molecule has 0 spiro atoms. The van der Waals surface area contributed by atoms with Gasteiger partial charge in [-0.25, -0.2) is 0 Å². The van der Waals surface area contributed by atoms with E-state index in [1.165, 1.54) is 0 Å². The van der Waals surface area contributed by atoms with E-state index in [9.17, 15) is 0 Å². The van der Waals surface area contributed by atoms with Crippen LogP contribution in [0.2, 0.25) is 0 Å². The van der Waals surface area contributed by atoms with Gasteiger partial charge in [-0.3, -0.25) is 11.3 Å². The zero-order valence-corrected chi connectivity index (χ0v) is 11.7. The number of para-hydroxylation sites is 1. The highest BCUT2D eigenvalue weighted by molar-refractivity contribution is 5.48. The van der Waals surface area contributed by atoms with Crippen molar-refractivity contribution < 1.29 is 9.47 Å². The third-order valence-corrected chi connectivity index (χ3v) is 3.34. The van der Waals surface area contributed by atoms with Crippen LogP contribution >= 0.6 is 0 Å². The third kappa shape index (κ3) is 3.37. The maximum atomic E-state index is 5.68. The maximum Gasteiger partial charge on any atom is 0.165 e. The Hall–Kier alpha value is -1.26. The number of hydrogen-bond donors (Lipinski definition) is 2. The highest BCUT2D eigenvalue weighted by Crippen LogP contribution is 2.36. The quantitative estimate of drug-likeness (QED) is 0.578. The lowest BCUT2D eigenvalue weighted by molar-refractivity contribution is 0.338. The van der Waals surface area contributed by atoms with Gasteiger partial charge in [-0.15, -0.1) is 0 Å². The van der Waals surface area contributed by atoms with Crippen molar-refractivity contribution in [2.45, 2.75) is 32.7 Å². The van der Waals surface area contributed by atoms with Crippen molar-refractivity contribution in [3.8, 4) is 11.5 Å². The first kappa shape index (κ1) is 14.8. The average molecular weight is 252 g/mol. The molecule has 2 atom stereocenters. The molecule has 0 heterocycles. The molecular weight excluding hydrogens is 228 g/mol. The summed E-state index contributed by atoms with van der Waals surface area (Å²) in [4.78, 5) is 0. The normalized spacial score (nSPS) is 14.1. The molecule has 0 fully saturated rings. The Labute approximate surface area is 109 Å². The van der Waals surface area contributed by atoms with Gasteiger partial charge in [0.25, 0.3) is 0 Å². The van der Waals surface area contributed by atoms with Crippen LogP contribution in [0.25, 0.3) is 0 Å². The smallest absolute Gasteiger partial charge is 0.165 e. The highest BCUT2D eigenvalue weighted by Gasteiger charge is 2.19. The van der Waals surface area contributed by atoms with E-state index in [2.05, 4.69) is 19.3 Å². The molecule has 1 aromatic carbocycles. The average Bonchev–Trinajstić information content (AvgIpc) is 2.43. The zero-order chi connectivity index (χ0) is 13.5. The number of ether oxygens (including phenoxy) is 2. The largest absolute Gasteiger partial charge is 0.493 e. The van der Waals surface area contributed by atoms with E-state index in [1.807, 2.05) is 18.2 Å². The number of hydrazine groups is 1. The molecule has 1 aromatic rings. The van der Waals surface area contributed by atoms with Gasteiger partial charge in [0.1, 0.15) is 0 Å². The van der Waals surface area contributed by atoms with E-state index < -0.39 is 0 Å². The van der Waals surface area contributed by atoms with Crippen molar-refractivity contribution in [2.75, 3.05) is 14.2 Å². The summed E-state index contributed by atoms with van der Waals surface area (Å²) in [6.45, 7) is 4.40. The minimum atomic E-state index is 0.0741. The van der Waals surface area contributed by atoms with E-state index in [1.54, 1.807) is 14.2 Å². The van der Waals surface area contributed by atoms with E-state index in [4.69, 9.17) is 15.3 Å². The van der Waals surface area contributed by atoms with Gasteiger partial charge in [-0.1, -0.05) is 32.4 Å². The molecule has 3 N–H and O–H groups in total. The highest BCUT2D eigenvalue weighted by atomic mass is 16.5. The first-order valence-electron chi connectivity index (χ1n) is 6.34. The van der Waals surface area contributed by atoms with Crippen molar-refractivity contribution in [1.29, 1.82) is 0 Å². The summed E-state index contributed by atoms with van der Waals surface area (Å²) in [5.41, 5.74) is 3.92. The molecule has 0 aromatic heterocycles. The molecule has 0 amide bonds. The van der Waals surface area contributed by atoms with Crippen molar-refractivity contribution in [1.82, 2.24) is 5.43 Å². The molecule has 0 aliphatic rings. The first-order chi connectivity index (χ1) is 8.67. The van der Waals surface area contributed by atoms with Gasteiger partial charge in [0.2, 0.25) is 0 Å². The van der Waals surface area contributed by atoms with Crippen LogP contribution in [0.5, 0.6) is 11.5 Å². The second kappa shape index (κ2) is 7.24. The molecule has 1 rings (SSSR count). The molecule has 102 valence electrons. The molecule has 0 aliphatic heterocycles. The molecule has 4 nitrogen and oxygen atoms in total. The van der Waals surface area contributed by atoms with Gasteiger partial charge < -0.3 is 9.47 Å². The Kier molecular flexibility index (Phi) is 5.95. The van der Waals surface area contributed by atoms with E-state index in [0.29, 0.717) is 5.92 Å². The monoisotopic (exact) mass is 252 g/mol. The molecule has 0 radical (unpaired) electrons. The lowest BCUT2D eigenvalue weighted by atomic mass is 9.94. The van der Waals surface area contributed by atoms with Crippen LogP contribution < -0.4 is 20.7 Å². The molecule has 0 bridgehead atoms. The number of rotatable bonds is 7. The minimum absolute atomic E-state index is 0.0741. The third-order valence-electron chi connectivity index (χ3n) is 3.34. The molecule has 0 aliphatic carbocycles. The summed E-state index contributed by atoms with van der Waals surface area (Å²) >= 11 is 0. The number of nitrogens with two attached hydrogens (primary N) is 1. The number of hydrogen-bond acceptors (Lipinski definition) is 4. The van der Waals surface area contributed by atoms with Crippen molar-refractivity contribution in [2.24, 2.45) is 11.8 Å². The summed E-state index contributed by atoms with van der Waals surface area (Å²) in [6.07, 6.45) is 2.10. The van der Waals surface area contributed by atoms with Crippen LogP contribution in [0, 0.1) is 5.92 Å². The van der Waals surface area contributed by atoms with Gasteiger partial charge in [-0.2, -0.15) is 0 Å². The van der Waals surface area contributed by atoms with Crippen LogP contribution in [0.4, 0.5) is 0 Å². The van der Waals surface area contributed by atoms with E-state index >= 15 is 0 Å². The minimum Gasteiger partial charge on any atom is -0.493 e. The van der Waals surface area contributed by atoms with Gasteiger partial charge in [-0.05, 0) is 18.4 Å². The van der Waals surface area contributed by atoms with Crippen LogP contribution in [-0.4, -0.2) is 14.2 Å². The molecule has 4 heteroatoms. The molecule has 0 saturated heterocycles. The lowest BCUT2D eigenvalue weighted by Gasteiger charge is -2.22. The van der Waals surface area contributed by atoms with Gasteiger partial charge >= 0.3 is 0 Å². The van der Waals surface area contributed by atoms with Crippen LogP contribution in [0.1, 0.15) is 38.3 Å². The fraction of sp³-hybridized carbons (Fsp3) is 0.571. The van der Waals surface area contributed by atoms with Gasteiger partial charge in [0.15, 0.2) is 11.5 Å². The fourth-order valence-electron chi connectivity index (χ4n) is 2.04. The molecular formula is C14H24N2O2. The fourth-order valence-corrected chi connectivity index (χ4v) is 2.04. The van der Waals surface area contributed by atoms with E-state index in [0.717, 1.165) is 29.9 Å². The van der Waals surface area contributed by atoms with Crippen LogP contribution in [0.15, 0.2) is 18.2 Å². The Bertz CT molecular complexity index is 369. The van der Waals surface area contributed by atoms with Gasteiger partial charge in [0, 0.05) is 5.56 Å². The predicted molar refractivity (Wildman–Crippen MR) is 73.7 cm³/mol. The first-order valence-corrected chi connectivity index (χ1v) is 6.34.